The van der Waals surface area contributed by atoms with Crippen LogP contribution in [0, 0.1) is 0 Å². The quantitative estimate of drug-likeness (QED) is 0.859. The highest BCUT2D eigenvalue weighted by molar-refractivity contribution is 5.52. The molecular weight excluding hydrogens is 227 g/mol. The van der Waals surface area contributed by atoms with Crippen LogP contribution in [0.25, 0.3) is 0 Å². The van der Waals surface area contributed by atoms with E-state index >= 15 is 0 Å². The van der Waals surface area contributed by atoms with E-state index in [-0.39, 0.29) is 5.56 Å². The molecule has 1 rings (SSSR count). The number of aliphatic hydroxyl groups excluding tert-OH is 1. The van der Waals surface area contributed by atoms with Crippen molar-refractivity contribution < 1.29 is 23.7 Å². The summed E-state index contributed by atoms with van der Waals surface area (Å²) >= 11 is 0. The lowest BCUT2D eigenvalue weighted by molar-refractivity contribution is 0.0838. The van der Waals surface area contributed by atoms with Crippen molar-refractivity contribution in [3.05, 3.63) is 17.7 Å². The molecule has 1 aromatic carbocycles. The number of hydrogen-bond acceptors (Lipinski definition) is 4. The van der Waals surface area contributed by atoms with Crippen LogP contribution >= 0.6 is 0 Å². The van der Waals surface area contributed by atoms with Crippen LogP contribution < -0.4 is 14.2 Å². The first-order chi connectivity index (χ1) is 8.00. The molecule has 0 bridgehead atoms. The van der Waals surface area contributed by atoms with Gasteiger partial charge < -0.3 is 19.3 Å². The van der Waals surface area contributed by atoms with Gasteiger partial charge in [0.05, 0.1) is 27.9 Å². The number of aliphatic hydroxyl groups is 1. The van der Waals surface area contributed by atoms with E-state index in [1.807, 2.05) is 0 Å². The van der Waals surface area contributed by atoms with E-state index < -0.39 is 12.3 Å². The van der Waals surface area contributed by atoms with Crippen molar-refractivity contribution in [1.29, 1.82) is 0 Å². The van der Waals surface area contributed by atoms with E-state index in [2.05, 4.69) is 0 Å². The highest BCUT2D eigenvalue weighted by atomic mass is 19.1. The Morgan fingerprint density at radius 3 is 1.94 bits per heavy atom. The Morgan fingerprint density at radius 1 is 1.06 bits per heavy atom. The molecule has 1 unspecified atom stereocenters. The van der Waals surface area contributed by atoms with Gasteiger partial charge in [-0.25, -0.2) is 4.39 Å². The first-order valence-electron chi connectivity index (χ1n) is 5.10. The lowest BCUT2D eigenvalue weighted by Crippen LogP contribution is -2.21. The van der Waals surface area contributed by atoms with Crippen LogP contribution in [0.15, 0.2) is 12.1 Å². The average molecular weight is 244 g/mol. The molecule has 0 saturated heterocycles. The fraction of sp³-hybridized carbons (Fsp3) is 0.500. The predicted molar refractivity (Wildman–Crippen MR) is 61.6 cm³/mol. The van der Waals surface area contributed by atoms with Crippen molar-refractivity contribution in [2.45, 2.75) is 12.6 Å². The van der Waals surface area contributed by atoms with Crippen LogP contribution in [-0.4, -0.2) is 33.0 Å². The third-order valence-corrected chi connectivity index (χ3v) is 2.56. The fourth-order valence-corrected chi connectivity index (χ4v) is 1.52. The van der Waals surface area contributed by atoms with E-state index in [0.717, 1.165) is 0 Å². The van der Waals surface area contributed by atoms with Gasteiger partial charge in [-0.1, -0.05) is 0 Å². The van der Waals surface area contributed by atoms with E-state index in [9.17, 15) is 4.39 Å². The highest BCUT2D eigenvalue weighted by Gasteiger charge is 2.30. The zero-order valence-corrected chi connectivity index (χ0v) is 10.4. The van der Waals surface area contributed by atoms with Gasteiger partial charge in [-0.15, -0.1) is 0 Å². The highest BCUT2D eigenvalue weighted by Crippen LogP contribution is 2.40. The van der Waals surface area contributed by atoms with Gasteiger partial charge in [-0.3, -0.25) is 0 Å². The minimum absolute atomic E-state index is 0.222. The Morgan fingerprint density at radius 2 is 1.53 bits per heavy atom. The number of methoxy groups -OCH3 is 3. The van der Waals surface area contributed by atoms with Gasteiger partial charge in [-0.2, -0.15) is 0 Å². The summed E-state index contributed by atoms with van der Waals surface area (Å²) in [6, 6.07) is 3.00. The van der Waals surface area contributed by atoms with Gasteiger partial charge in [0.1, 0.15) is 5.75 Å². The second-order valence-corrected chi connectivity index (χ2v) is 3.76. The molecule has 0 heterocycles. The van der Waals surface area contributed by atoms with E-state index in [1.54, 1.807) is 0 Å². The third kappa shape index (κ3) is 2.61. The van der Waals surface area contributed by atoms with Crippen molar-refractivity contribution in [3.8, 4) is 17.2 Å². The molecule has 0 aliphatic rings. The smallest absolute Gasteiger partial charge is 0.164 e. The Balaban J connectivity index is 3.38. The Hall–Kier alpha value is -1.49. The van der Waals surface area contributed by atoms with Crippen LogP contribution in [0.2, 0.25) is 0 Å². The maximum Gasteiger partial charge on any atom is 0.164 e. The van der Waals surface area contributed by atoms with Crippen LogP contribution in [0.4, 0.5) is 4.39 Å². The zero-order chi connectivity index (χ0) is 13.1. The van der Waals surface area contributed by atoms with Crippen molar-refractivity contribution in [2.24, 2.45) is 0 Å². The summed E-state index contributed by atoms with van der Waals surface area (Å²) in [6.07, 6.45) is 0. The Labute approximate surface area is 99.9 Å². The molecule has 1 N–H and O–H groups in total. The first kappa shape index (κ1) is 13.6. The SMILES string of the molecule is COc1cc(OC)c(C(C)(F)CO)cc1OC. The van der Waals surface area contributed by atoms with Crippen molar-refractivity contribution in [3.63, 3.8) is 0 Å². The third-order valence-electron chi connectivity index (χ3n) is 2.56. The molecule has 0 aliphatic carbocycles. The summed E-state index contributed by atoms with van der Waals surface area (Å²) < 4.78 is 29.4. The van der Waals surface area contributed by atoms with Gasteiger partial charge in [0.15, 0.2) is 17.2 Å². The number of ether oxygens (including phenoxy) is 3. The molecule has 0 spiro atoms. The largest absolute Gasteiger partial charge is 0.496 e. The average Bonchev–Trinajstić information content (AvgIpc) is 2.36. The number of halogens is 1. The summed E-state index contributed by atoms with van der Waals surface area (Å²) in [4.78, 5) is 0. The Kier molecular flexibility index (Phi) is 4.17. The number of alkyl halides is 1. The predicted octanol–water partition coefficient (Wildman–Crippen LogP) is 1.89. The maximum absolute atomic E-state index is 14.1. The number of benzene rings is 1. The summed E-state index contributed by atoms with van der Waals surface area (Å²) in [7, 11) is 4.37. The van der Waals surface area contributed by atoms with Crippen LogP contribution in [-0.2, 0) is 5.67 Å². The zero-order valence-electron chi connectivity index (χ0n) is 10.4. The van der Waals surface area contributed by atoms with Crippen LogP contribution in [0.3, 0.4) is 0 Å². The molecule has 0 aliphatic heterocycles. The van der Waals surface area contributed by atoms with Gasteiger partial charge in [0, 0.05) is 11.6 Å². The van der Waals surface area contributed by atoms with Crippen LogP contribution in [0.5, 0.6) is 17.2 Å². The van der Waals surface area contributed by atoms with Gasteiger partial charge in [0.2, 0.25) is 0 Å². The molecule has 5 heteroatoms. The van der Waals surface area contributed by atoms with Gasteiger partial charge in [0.25, 0.3) is 0 Å². The van der Waals surface area contributed by atoms with Crippen molar-refractivity contribution in [1.82, 2.24) is 0 Å². The molecule has 0 radical (unpaired) electrons. The number of hydrogen-bond donors (Lipinski definition) is 1. The van der Waals surface area contributed by atoms with Crippen LogP contribution in [0.1, 0.15) is 12.5 Å². The summed E-state index contributed by atoms with van der Waals surface area (Å²) in [6.45, 7) is 0.635. The number of rotatable bonds is 5. The molecule has 0 amide bonds. The van der Waals surface area contributed by atoms with E-state index in [4.69, 9.17) is 19.3 Å². The molecule has 0 saturated carbocycles. The molecule has 4 nitrogen and oxygen atoms in total. The maximum atomic E-state index is 14.1. The van der Waals surface area contributed by atoms with Crippen molar-refractivity contribution >= 4 is 0 Å². The molecule has 96 valence electrons. The van der Waals surface area contributed by atoms with Gasteiger partial charge >= 0.3 is 0 Å². The molecule has 1 aromatic rings. The topological polar surface area (TPSA) is 47.9 Å². The summed E-state index contributed by atoms with van der Waals surface area (Å²) in [5.41, 5.74) is -1.68. The summed E-state index contributed by atoms with van der Waals surface area (Å²) in [5.74, 6) is 1.14. The fourth-order valence-electron chi connectivity index (χ4n) is 1.52. The molecule has 0 aromatic heterocycles. The molecule has 17 heavy (non-hydrogen) atoms. The second-order valence-electron chi connectivity index (χ2n) is 3.76. The standard InChI is InChI=1S/C12H17FO4/c1-12(13,7-14)8-5-10(16-3)11(17-4)6-9(8)15-2/h5-6,14H,7H2,1-4H3. The normalized spacial score (nSPS) is 14.0. The second kappa shape index (κ2) is 5.23. The molecule has 1 atom stereocenters. The van der Waals surface area contributed by atoms with Gasteiger partial charge in [-0.05, 0) is 13.0 Å². The molecule has 0 fully saturated rings. The lowest BCUT2D eigenvalue weighted by atomic mass is 9.97. The Bertz CT molecular complexity index is 390. The minimum atomic E-state index is -1.90. The minimum Gasteiger partial charge on any atom is -0.496 e. The van der Waals surface area contributed by atoms with E-state index in [1.165, 1.54) is 40.4 Å². The first-order valence-corrected chi connectivity index (χ1v) is 5.10. The lowest BCUT2D eigenvalue weighted by Gasteiger charge is -2.22. The monoisotopic (exact) mass is 244 g/mol. The van der Waals surface area contributed by atoms with Crippen molar-refractivity contribution in [2.75, 3.05) is 27.9 Å². The van der Waals surface area contributed by atoms with E-state index in [0.29, 0.717) is 17.2 Å². The summed E-state index contributed by atoms with van der Waals surface area (Å²) in [5, 5.41) is 9.05. The molecular formula is C12H17FO4.